The quantitative estimate of drug-likeness (QED) is 0.218. The van der Waals surface area contributed by atoms with Crippen LogP contribution < -0.4 is 10.6 Å². The molecule has 0 radical (unpaired) electrons. The van der Waals surface area contributed by atoms with Crippen molar-refractivity contribution in [2.45, 2.75) is 44.5 Å². The lowest BCUT2D eigenvalue weighted by molar-refractivity contribution is -0.137. The van der Waals surface area contributed by atoms with Crippen molar-refractivity contribution in [1.29, 1.82) is 0 Å². The molecule has 204 valence electrons. The first-order valence-electron chi connectivity index (χ1n) is 12.0. The number of nitrogens with one attached hydrogen (secondary N) is 3. The van der Waals surface area contributed by atoms with Crippen LogP contribution >= 0.6 is 11.6 Å². The maximum absolute atomic E-state index is 16.1. The largest absolute Gasteiger partial charge is 0.443 e. The van der Waals surface area contributed by atoms with Crippen LogP contribution in [-0.4, -0.2) is 22.7 Å². The monoisotopic (exact) mass is 563 g/mol. The molecule has 0 unspecified atom stereocenters. The van der Waals surface area contributed by atoms with Crippen molar-refractivity contribution in [3.8, 4) is 11.1 Å². The highest BCUT2D eigenvalue weighted by atomic mass is 35.5. The second kappa shape index (κ2) is 9.44. The van der Waals surface area contributed by atoms with Crippen molar-refractivity contribution in [1.82, 2.24) is 4.98 Å². The van der Waals surface area contributed by atoms with Crippen LogP contribution in [0.2, 0.25) is 5.02 Å². The topological polar surface area (TPSA) is 66.1 Å². The summed E-state index contributed by atoms with van der Waals surface area (Å²) < 4.78 is 76.0. The van der Waals surface area contributed by atoms with E-state index in [1.807, 2.05) is 6.07 Å². The molecule has 1 amide bonds. The molecule has 5 rings (SSSR count). The maximum atomic E-state index is 16.1. The van der Waals surface area contributed by atoms with Gasteiger partial charge in [-0.3, -0.25) is 5.32 Å². The molecule has 11 heteroatoms. The number of rotatable bonds is 3. The Hall–Kier alpha value is -3.79. The van der Waals surface area contributed by atoms with Crippen LogP contribution in [0.1, 0.15) is 37.8 Å². The number of aromatic amines is 1. The average molecular weight is 564 g/mol. The van der Waals surface area contributed by atoms with Gasteiger partial charge in [0.2, 0.25) is 0 Å². The predicted molar refractivity (Wildman–Crippen MR) is 140 cm³/mol. The Labute approximate surface area is 225 Å². The minimum absolute atomic E-state index is 0.0844. The molecule has 1 aliphatic heterocycles. The Bertz CT molecular complexity index is 1600. The van der Waals surface area contributed by atoms with E-state index in [0.29, 0.717) is 17.1 Å². The SMILES string of the molecule is C[C@H]1c2c(cc(F)c(-c3cccc4cc[nH]c34)c2F)NC(C)(C)[C@@H]1OC(=O)Nc1ccc(C(F)(F)F)cc1Cl. The van der Waals surface area contributed by atoms with Crippen molar-refractivity contribution in [2.24, 2.45) is 0 Å². The van der Waals surface area contributed by atoms with Gasteiger partial charge in [0.25, 0.3) is 0 Å². The van der Waals surface area contributed by atoms with Gasteiger partial charge < -0.3 is 15.0 Å². The second-order valence-corrected chi connectivity index (χ2v) is 10.4. The molecule has 3 N–H and O–H groups in total. The van der Waals surface area contributed by atoms with Crippen LogP contribution in [0.3, 0.4) is 0 Å². The fourth-order valence-electron chi connectivity index (χ4n) is 5.21. The summed E-state index contributed by atoms with van der Waals surface area (Å²) in [5.74, 6) is -2.27. The number of carbonyl (C=O) groups is 1. The van der Waals surface area contributed by atoms with E-state index in [1.54, 1.807) is 45.2 Å². The number of aromatic nitrogens is 1. The Morgan fingerprint density at radius 3 is 2.54 bits per heavy atom. The molecule has 1 aliphatic rings. The molecular formula is C28H23ClF5N3O2. The van der Waals surface area contributed by atoms with Gasteiger partial charge >= 0.3 is 12.3 Å². The summed E-state index contributed by atoms with van der Waals surface area (Å²) in [6.07, 6.45) is -4.86. The maximum Gasteiger partial charge on any atom is 0.416 e. The standard InChI is InChI=1S/C28H23ClF5N3O2/c1-13-21-20(12-18(30)22(23(21)31)16-6-4-5-14-9-10-35-24(14)16)37-27(2,3)25(13)39-26(38)36-19-8-7-15(11-17(19)29)28(32,33)34/h4-13,25,35,37H,1-3H3,(H,36,38)/t13-,25+/m0/s1. The Morgan fingerprint density at radius 1 is 1.10 bits per heavy atom. The number of ether oxygens (including phenoxy) is 1. The number of alkyl halides is 3. The minimum Gasteiger partial charge on any atom is -0.443 e. The number of benzene rings is 3. The van der Waals surface area contributed by atoms with Gasteiger partial charge in [-0.1, -0.05) is 36.7 Å². The van der Waals surface area contributed by atoms with Crippen molar-refractivity contribution >= 4 is 40.0 Å². The molecule has 3 aromatic carbocycles. The Balaban J connectivity index is 1.47. The van der Waals surface area contributed by atoms with Gasteiger partial charge in [-0.15, -0.1) is 0 Å². The van der Waals surface area contributed by atoms with Crippen molar-refractivity contribution < 1.29 is 31.5 Å². The molecule has 5 nitrogen and oxygen atoms in total. The van der Waals surface area contributed by atoms with Gasteiger partial charge in [-0.2, -0.15) is 13.2 Å². The van der Waals surface area contributed by atoms with E-state index < -0.39 is 47.0 Å². The predicted octanol–water partition coefficient (Wildman–Crippen LogP) is 8.71. The summed E-state index contributed by atoms with van der Waals surface area (Å²) >= 11 is 5.95. The zero-order valence-electron chi connectivity index (χ0n) is 20.9. The Morgan fingerprint density at radius 2 is 1.85 bits per heavy atom. The molecule has 4 aromatic rings. The van der Waals surface area contributed by atoms with Gasteiger partial charge in [0, 0.05) is 28.9 Å². The van der Waals surface area contributed by atoms with Crippen LogP contribution in [0.25, 0.3) is 22.0 Å². The van der Waals surface area contributed by atoms with Gasteiger partial charge in [-0.05, 0) is 49.6 Å². The number of carbonyl (C=O) groups excluding carboxylic acids is 1. The van der Waals surface area contributed by atoms with E-state index in [4.69, 9.17) is 16.3 Å². The summed E-state index contributed by atoms with van der Waals surface area (Å²) in [7, 11) is 0. The van der Waals surface area contributed by atoms with E-state index in [0.717, 1.165) is 17.5 Å². The molecule has 0 bridgehead atoms. The zero-order valence-corrected chi connectivity index (χ0v) is 21.7. The van der Waals surface area contributed by atoms with E-state index >= 15 is 8.78 Å². The smallest absolute Gasteiger partial charge is 0.416 e. The fourth-order valence-corrected chi connectivity index (χ4v) is 5.44. The minimum atomic E-state index is -4.60. The third-order valence-corrected chi connectivity index (χ3v) is 7.27. The highest BCUT2D eigenvalue weighted by Gasteiger charge is 2.45. The van der Waals surface area contributed by atoms with Crippen LogP contribution in [0.5, 0.6) is 0 Å². The summed E-state index contributed by atoms with van der Waals surface area (Å²) in [4.78, 5) is 15.8. The molecule has 39 heavy (non-hydrogen) atoms. The van der Waals surface area contributed by atoms with Crippen molar-refractivity contribution in [3.63, 3.8) is 0 Å². The average Bonchev–Trinajstić information content (AvgIpc) is 3.31. The summed E-state index contributed by atoms with van der Waals surface area (Å²) in [6.45, 7) is 5.07. The third-order valence-electron chi connectivity index (χ3n) is 6.96. The number of anilines is 2. The second-order valence-electron chi connectivity index (χ2n) is 10.0. The zero-order chi connectivity index (χ0) is 28.3. The molecule has 2 heterocycles. The Kier molecular flexibility index (Phi) is 6.49. The van der Waals surface area contributed by atoms with E-state index in [1.165, 1.54) is 6.07 Å². The molecular weight excluding hydrogens is 541 g/mol. The van der Waals surface area contributed by atoms with Crippen molar-refractivity contribution in [3.05, 3.63) is 82.5 Å². The van der Waals surface area contributed by atoms with E-state index in [9.17, 15) is 18.0 Å². The van der Waals surface area contributed by atoms with Gasteiger partial charge in [0.15, 0.2) is 0 Å². The summed E-state index contributed by atoms with van der Waals surface area (Å²) in [5.41, 5.74) is -0.938. The van der Waals surface area contributed by atoms with Crippen LogP contribution in [0.15, 0.2) is 54.7 Å². The van der Waals surface area contributed by atoms with E-state index in [2.05, 4.69) is 15.6 Å². The number of hydrogen-bond donors (Lipinski definition) is 3. The first-order chi connectivity index (χ1) is 18.3. The lowest BCUT2D eigenvalue weighted by Gasteiger charge is -2.44. The van der Waals surface area contributed by atoms with Crippen LogP contribution in [-0.2, 0) is 10.9 Å². The molecule has 0 saturated carbocycles. The lowest BCUT2D eigenvalue weighted by atomic mass is 9.77. The molecule has 0 spiro atoms. The van der Waals surface area contributed by atoms with Gasteiger partial charge in [0.05, 0.1) is 32.9 Å². The highest BCUT2D eigenvalue weighted by Crippen LogP contribution is 2.46. The first kappa shape index (κ1) is 26.8. The number of amides is 1. The molecule has 0 aliphatic carbocycles. The fraction of sp³-hybridized carbons (Fsp3) is 0.250. The van der Waals surface area contributed by atoms with Gasteiger partial charge in [0.1, 0.15) is 17.7 Å². The number of H-pyrrole nitrogens is 1. The van der Waals surface area contributed by atoms with Crippen LogP contribution in [0.4, 0.5) is 38.1 Å². The summed E-state index contributed by atoms with van der Waals surface area (Å²) in [5, 5.41) is 5.88. The molecule has 0 fully saturated rings. The molecule has 0 saturated heterocycles. The number of fused-ring (bicyclic) bond motifs is 2. The number of hydrogen-bond acceptors (Lipinski definition) is 3. The van der Waals surface area contributed by atoms with Crippen LogP contribution in [0, 0.1) is 11.6 Å². The van der Waals surface area contributed by atoms with E-state index in [-0.39, 0.29) is 27.5 Å². The molecule has 1 aromatic heterocycles. The van der Waals surface area contributed by atoms with Gasteiger partial charge in [-0.25, -0.2) is 13.6 Å². The highest BCUT2D eigenvalue weighted by molar-refractivity contribution is 6.33. The van der Waals surface area contributed by atoms with Crippen molar-refractivity contribution in [2.75, 3.05) is 10.6 Å². The number of para-hydroxylation sites is 1. The normalized spacial score (nSPS) is 18.4. The first-order valence-corrected chi connectivity index (χ1v) is 12.4. The summed E-state index contributed by atoms with van der Waals surface area (Å²) in [6, 6.07) is 10.7. The lowest BCUT2D eigenvalue weighted by Crippen LogP contribution is -2.52. The molecule has 2 atom stereocenters. The third kappa shape index (κ3) is 4.78. The number of halogens is 6.